The monoisotopic (exact) mass is 354 g/mol. The number of thiazole rings is 1. The molecular formula is C17H14N4O3S. The van der Waals surface area contributed by atoms with E-state index < -0.39 is 6.09 Å². The van der Waals surface area contributed by atoms with Gasteiger partial charge in [-0.05, 0) is 42.5 Å². The van der Waals surface area contributed by atoms with Crippen molar-refractivity contribution in [2.45, 2.75) is 0 Å². The van der Waals surface area contributed by atoms with Gasteiger partial charge in [-0.1, -0.05) is 0 Å². The molecular weight excluding hydrogens is 340 g/mol. The van der Waals surface area contributed by atoms with Crippen molar-refractivity contribution in [3.05, 3.63) is 59.6 Å². The maximum absolute atomic E-state index is 12.4. The predicted octanol–water partition coefficient (Wildman–Crippen LogP) is 3.73. The molecule has 0 saturated carbocycles. The fraction of sp³-hybridized carbons (Fsp3) is 0. The first-order chi connectivity index (χ1) is 12.0. The molecule has 0 radical (unpaired) electrons. The summed E-state index contributed by atoms with van der Waals surface area (Å²) in [7, 11) is 0. The highest BCUT2D eigenvalue weighted by Gasteiger charge is 2.11. The number of benzene rings is 2. The molecule has 2 amide bonds. The SMILES string of the molecule is Nc1ccc(-c2nccs2)cc1NC(=O)c1ccc(NC(=O)O)cc1. The fourth-order valence-corrected chi connectivity index (χ4v) is 2.82. The van der Waals surface area contributed by atoms with Crippen LogP contribution < -0.4 is 16.4 Å². The van der Waals surface area contributed by atoms with Crippen molar-refractivity contribution in [1.82, 2.24) is 4.98 Å². The highest BCUT2D eigenvalue weighted by molar-refractivity contribution is 7.13. The van der Waals surface area contributed by atoms with Gasteiger partial charge in [0, 0.05) is 28.4 Å². The minimum atomic E-state index is -1.16. The molecule has 0 bridgehead atoms. The van der Waals surface area contributed by atoms with Crippen molar-refractivity contribution in [3.63, 3.8) is 0 Å². The summed E-state index contributed by atoms with van der Waals surface area (Å²) >= 11 is 1.49. The van der Waals surface area contributed by atoms with Crippen LogP contribution in [0.15, 0.2) is 54.0 Å². The van der Waals surface area contributed by atoms with E-state index in [9.17, 15) is 9.59 Å². The van der Waals surface area contributed by atoms with Crippen molar-refractivity contribution in [2.75, 3.05) is 16.4 Å². The molecule has 0 aliphatic heterocycles. The molecule has 2 aromatic carbocycles. The molecule has 1 heterocycles. The molecule has 7 nitrogen and oxygen atoms in total. The summed E-state index contributed by atoms with van der Waals surface area (Å²) < 4.78 is 0. The van der Waals surface area contributed by atoms with E-state index in [2.05, 4.69) is 15.6 Å². The van der Waals surface area contributed by atoms with E-state index in [0.29, 0.717) is 22.6 Å². The molecule has 0 atom stereocenters. The topological polar surface area (TPSA) is 117 Å². The van der Waals surface area contributed by atoms with E-state index >= 15 is 0 Å². The van der Waals surface area contributed by atoms with Crippen LogP contribution in [0.3, 0.4) is 0 Å². The van der Waals surface area contributed by atoms with Gasteiger partial charge in [-0.25, -0.2) is 9.78 Å². The number of carbonyl (C=O) groups is 2. The van der Waals surface area contributed by atoms with Crippen LogP contribution in [-0.2, 0) is 0 Å². The minimum absolute atomic E-state index is 0.343. The number of nitrogens with zero attached hydrogens (tertiary/aromatic N) is 1. The second kappa shape index (κ2) is 7.02. The third-order valence-electron chi connectivity index (χ3n) is 3.38. The smallest absolute Gasteiger partial charge is 0.409 e. The van der Waals surface area contributed by atoms with Gasteiger partial charge in [-0.15, -0.1) is 11.3 Å². The zero-order valence-corrected chi connectivity index (χ0v) is 13.7. The van der Waals surface area contributed by atoms with Crippen LogP contribution in [0.25, 0.3) is 10.6 Å². The first-order valence-corrected chi connectivity index (χ1v) is 8.11. The molecule has 0 aliphatic carbocycles. The Bertz CT molecular complexity index is 908. The molecule has 3 aromatic rings. The predicted molar refractivity (Wildman–Crippen MR) is 98.0 cm³/mol. The van der Waals surface area contributed by atoms with Gasteiger partial charge < -0.3 is 16.2 Å². The molecule has 1 aromatic heterocycles. The van der Waals surface area contributed by atoms with E-state index in [1.54, 1.807) is 18.3 Å². The number of carboxylic acid groups (broad SMARTS) is 1. The lowest BCUT2D eigenvalue weighted by Gasteiger charge is -2.10. The van der Waals surface area contributed by atoms with Gasteiger partial charge in [0.25, 0.3) is 5.91 Å². The fourth-order valence-electron chi connectivity index (χ4n) is 2.19. The Kier molecular flexibility index (Phi) is 4.62. The summed E-state index contributed by atoms with van der Waals surface area (Å²) in [6.07, 6.45) is 0.547. The lowest BCUT2D eigenvalue weighted by Crippen LogP contribution is -2.13. The van der Waals surface area contributed by atoms with E-state index in [4.69, 9.17) is 10.8 Å². The summed E-state index contributed by atoms with van der Waals surface area (Å²) in [6.45, 7) is 0. The summed E-state index contributed by atoms with van der Waals surface area (Å²) in [5.41, 5.74) is 8.50. The lowest BCUT2D eigenvalue weighted by molar-refractivity contribution is 0.102. The van der Waals surface area contributed by atoms with E-state index in [-0.39, 0.29) is 5.91 Å². The van der Waals surface area contributed by atoms with Crippen LogP contribution in [0.5, 0.6) is 0 Å². The third kappa shape index (κ3) is 3.93. The molecule has 0 saturated heterocycles. The van der Waals surface area contributed by atoms with Crippen LogP contribution in [0.4, 0.5) is 21.9 Å². The van der Waals surface area contributed by atoms with E-state index in [0.717, 1.165) is 10.6 Å². The van der Waals surface area contributed by atoms with E-state index in [1.165, 1.54) is 35.6 Å². The molecule has 0 fully saturated rings. The number of hydrogen-bond acceptors (Lipinski definition) is 5. The molecule has 0 spiro atoms. The van der Waals surface area contributed by atoms with Crippen LogP contribution in [0.1, 0.15) is 10.4 Å². The Balaban J connectivity index is 1.78. The highest BCUT2D eigenvalue weighted by Crippen LogP contribution is 2.28. The number of nitrogens with two attached hydrogens (primary N) is 1. The van der Waals surface area contributed by atoms with Crippen molar-refractivity contribution in [2.24, 2.45) is 0 Å². The number of amides is 2. The second-order valence-electron chi connectivity index (χ2n) is 5.10. The van der Waals surface area contributed by atoms with Crippen LogP contribution in [0, 0.1) is 0 Å². The summed E-state index contributed by atoms with van der Waals surface area (Å²) in [4.78, 5) is 27.2. The van der Waals surface area contributed by atoms with Crippen molar-refractivity contribution < 1.29 is 14.7 Å². The number of nitrogens with one attached hydrogen (secondary N) is 2. The number of hydrogen-bond donors (Lipinski definition) is 4. The molecule has 5 N–H and O–H groups in total. The van der Waals surface area contributed by atoms with Crippen LogP contribution in [0.2, 0.25) is 0 Å². The van der Waals surface area contributed by atoms with Crippen LogP contribution in [-0.4, -0.2) is 22.1 Å². The number of nitrogen functional groups attached to an aromatic ring is 1. The van der Waals surface area contributed by atoms with Gasteiger partial charge in [-0.3, -0.25) is 10.1 Å². The third-order valence-corrected chi connectivity index (χ3v) is 4.20. The summed E-state index contributed by atoms with van der Waals surface area (Å²) in [6, 6.07) is 11.4. The largest absolute Gasteiger partial charge is 0.465 e. The number of aromatic nitrogens is 1. The molecule has 3 rings (SSSR count). The Hall–Kier alpha value is -3.39. The number of carbonyl (C=O) groups excluding carboxylic acids is 1. The van der Waals surface area contributed by atoms with E-state index in [1.807, 2.05) is 11.4 Å². The van der Waals surface area contributed by atoms with Crippen molar-refractivity contribution in [3.8, 4) is 10.6 Å². The zero-order valence-electron chi connectivity index (χ0n) is 12.9. The normalized spacial score (nSPS) is 10.2. The van der Waals surface area contributed by atoms with Crippen LogP contribution >= 0.6 is 11.3 Å². The Labute approximate surface area is 147 Å². The molecule has 25 heavy (non-hydrogen) atoms. The molecule has 8 heteroatoms. The van der Waals surface area contributed by atoms with Gasteiger partial charge >= 0.3 is 6.09 Å². The average Bonchev–Trinajstić information content (AvgIpc) is 3.11. The Morgan fingerprint density at radius 1 is 1.08 bits per heavy atom. The number of rotatable bonds is 4. The maximum Gasteiger partial charge on any atom is 0.409 e. The lowest BCUT2D eigenvalue weighted by atomic mass is 10.1. The van der Waals surface area contributed by atoms with Gasteiger partial charge in [0.15, 0.2) is 0 Å². The standard InChI is InChI=1S/C17H14N4O3S/c18-13-6-3-11(16-19-7-8-25-16)9-14(13)21-15(22)10-1-4-12(5-2-10)20-17(23)24/h1-9,20H,18H2,(H,21,22)(H,23,24). The zero-order chi connectivity index (χ0) is 17.8. The van der Waals surface area contributed by atoms with Crippen molar-refractivity contribution >= 4 is 40.4 Å². The Morgan fingerprint density at radius 2 is 1.84 bits per heavy atom. The maximum atomic E-state index is 12.4. The first kappa shape index (κ1) is 16.5. The summed E-state index contributed by atoms with van der Waals surface area (Å²) in [5.74, 6) is -0.343. The van der Waals surface area contributed by atoms with Crippen molar-refractivity contribution in [1.29, 1.82) is 0 Å². The van der Waals surface area contributed by atoms with Gasteiger partial charge in [0.05, 0.1) is 11.4 Å². The van der Waals surface area contributed by atoms with Gasteiger partial charge in [0.1, 0.15) is 5.01 Å². The number of anilines is 3. The molecule has 126 valence electrons. The summed E-state index contributed by atoms with van der Waals surface area (Å²) in [5, 5.41) is 16.3. The van der Waals surface area contributed by atoms with Gasteiger partial charge in [0.2, 0.25) is 0 Å². The highest BCUT2D eigenvalue weighted by atomic mass is 32.1. The van der Waals surface area contributed by atoms with Gasteiger partial charge in [-0.2, -0.15) is 0 Å². The second-order valence-corrected chi connectivity index (χ2v) is 6.00. The molecule has 0 aliphatic rings. The minimum Gasteiger partial charge on any atom is -0.465 e. The quantitative estimate of drug-likeness (QED) is 0.533. The average molecular weight is 354 g/mol. The molecule has 0 unspecified atom stereocenters. The Morgan fingerprint density at radius 3 is 2.48 bits per heavy atom. The first-order valence-electron chi connectivity index (χ1n) is 7.23.